The molecule has 0 bridgehead atoms. The number of ether oxygens (including phenoxy) is 2. The van der Waals surface area contributed by atoms with E-state index >= 15 is 0 Å². The number of rotatable bonds is 1. The van der Waals surface area contributed by atoms with Crippen LogP contribution in [0.1, 0.15) is 33.6 Å². The summed E-state index contributed by atoms with van der Waals surface area (Å²) in [5.74, 6) is 0. The van der Waals surface area contributed by atoms with Gasteiger partial charge in [0.2, 0.25) is 0 Å². The van der Waals surface area contributed by atoms with Crippen molar-refractivity contribution in [2.75, 3.05) is 13.7 Å². The van der Waals surface area contributed by atoms with Gasteiger partial charge in [-0.25, -0.2) is 0 Å². The number of hydrogen-bond acceptors (Lipinski definition) is 2. The molecular weight excluding hydrogens is 140 g/mol. The first-order valence-corrected chi connectivity index (χ1v) is 4.47. The maximum atomic E-state index is 5.36. The Balaban J connectivity index is 0.000000461. The van der Waals surface area contributed by atoms with Crippen LogP contribution in [-0.4, -0.2) is 25.9 Å². The van der Waals surface area contributed by atoms with E-state index in [4.69, 9.17) is 9.47 Å². The lowest BCUT2D eigenvalue weighted by Gasteiger charge is -2.25. The highest BCUT2D eigenvalue weighted by Gasteiger charge is 2.16. The molecule has 2 heteroatoms. The van der Waals surface area contributed by atoms with Crippen molar-refractivity contribution in [1.82, 2.24) is 0 Å². The summed E-state index contributed by atoms with van der Waals surface area (Å²) in [7, 11) is 1.74. The molecule has 0 aromatic carbocycles. The summed E-state index contributed by atoms with van der Waals surface area (Å²) in [5.41, 5.74) is 0. The van der Waals surface area contributed by atoms with E-state index in [2.05, 4.69) is 6.92 Å². The zero-order valence-corrected chi connectivity index (χ0v) is 8.09. The van der Waals surface area contributed by atoms with Crippen LogP contribution >= 0.6 is 0 Å². The van der Waals surface area contributed by atoms with Crippen LogP contribution in [-0.2, 0) is 9.47 Å². The Morgan fingerprint density at radius 1 is 1.27 bits per heavy atom. The SMILES string of the molecule is CC.COC1CCC(C)OC1. The van der Waals surface area contributed by atoms with Crippen molar-refractivity contribution in [3.8, 4) is 0 Å². The Bertz CT molecular complexity index is 75.6. The smallest absolute Gasteiger partial charge is 0.0805 e. The van der Waals surface area contributed by atoms with E-state index in [1.165, 1.54) is 0 Å². The maximum Gasteiger partial charge on any atom is 0.0805 e. The van der Waals surface area contributed by atoms with Gasteiger partial charge < -0.3 is 9.47 Å². The summed E-state index contributed by atoms with van der Waals surface area (Å²) in [6.45, 7) is 6.88. The highest BCUT2D eigenvalue weighted by Crippen LogP contribution is 2.14. The van der Waals surface area contributed by atoms with Crippen molar-refractivity contribution < 1.29 is 9.47 Å². The topological polar surface area (TPSA) is 18.5 Å². The average Bonchev–Trinajstić information content (AvgIpc) is 2.10. The van der Waals surface area contributed by atoms with Gasteiger partial charge in [0.15, 0.2) is 0 Å². The van der Waals surface area contributed by atoms with Gasteiger partial charge in [0, 0.05) is 7.11 Å². The monoisotopic (exact) mass is 160 g/mol. The van der Waals surface area contributed by atoms with E-state index in [-0.39, 0.29) is 0 Å². The predicted octanol–water partition coefficient (Wildman–Crippen LogP) is 2.23. The third kappa shape index (κ3) is 4.38. The van der Waals surface area contributed by atoms with Crippen LogP contribution < -0.4 is 0 Å². The summed E-state index contributed by atoms with van der Waals surface area (Å²) in [5, 5.41) is 0. The van der Waals surface area contributed by atoms with Crippen molar-refractivity contribution in [2.45, 2.75) is 45.8 Å². The molecule has 2 nitrogen and oxygen atoms in total. The molecule has 0 aromatic rings. The molecule has 0 aliphatic carbocycles. The third-order valence-corrected chi connectivity index (χ3v) is 1.80. The molecule has 68 valence electrons. The Hall–Kier alpha value is -0.0800. The molecule has 0 aromatic heterocycles. The van der Waals surface area contributed by atoms with Crippen molar-refractivity contribution >= 4 is 0 Å². The minimum Gasteiger partial charge on any atom is -0.379 e. The molecule has 1 saturated heterocycles. The lowest BCUT2D eigenvalue weighted by molar-refractivity contribution is -0.0641. The fourth-order valence-electron chi connectivity index (χ4n) is 1.04. The molecule has 11 heavy (non-hydrogen) atoms. The second-order valence-electron chi connectivity index (χ2n) is 2.58. The van der Waals surface area contributed by atoms with E-state index in [1.807, 2.05) is 13.8 Å². The van der Waals surface area contributed by atoms with Crippen molar-refractivity contribution in [3.63, 3.8) is 0 Å². The predicted molar refractivity (Wildman–Crippen MR) is 46.8 cm³/mol. The van der Waals surface area contributed by atoms with Crippen molar-refractivity contribution in [3.05, 3.63) is 0 Å². The minimum absolute atomic E-state index is 0.348. The molecular formula is C9H20O2. The van der Waals surface area contributed by atoms with Crippen LogP contribution in [0.15, 0.2) is 0 Å². The van der Waals surface area contributed by atoms with Crippen LogP contribution in [0, 0.1) is 0 Å². The number of methoxy groups -OCH3 is 1. The van der Waals surface area contributed by atoms with Gasteiger partial charge in [0.25, 0.3) is 0 Å². The second kappa shape index (κ2) is 6.62. The largest absolute Gasteiger partial charge is 0.379 e. The fourth-order valence-corrected chi connectivity index (χ4v) is 1.04. The summed E-state index contributed by atoms with van der Waals surface area (Å²) in [6.07, 6.45) is 3.08. The van der Waals surface area contributed by atoms with E-state index in [0.717, 1.165) is 19.4 Å². The molecule has 1 heterocycles. The molecule has 1 rings (SSSR count). The van der Waals surface area contributed by atoms with Gasteiger partial charge in [-0.05, 0) is 19.8 Å². The maximum absolute atomic E-state index is 5.36. The van der Waals surface area contributed by atoms with Gasteiger partial charge in [0.1, 0.15) is 0 Å². The minimum atomic E-state index is 0.348. The Morgan fingerprint density at radius 2 is 1.91 bits per heavy atom. The first-order valence-electron chi connectivity index (χ1n) is 4.47. The summed E-state index contributed by atoms with van der Waals surface area (Å²) < 4.78 is 10.5. The van der Waals surface area contributed by atoms with Crippen LogP contribution in [0.2, 0.25) is 0 Å². The summed E-state index contributed by atoms with van der Waals surface area (Å²) in [6, 6.07) is 0. The van der Waals surface area contributed by atoms with Crippen molar-refractivity contribution in [1.29, 1.82) is 0 Å². The highest BCUT2D eigenvalue weighted by atomic mass is 16.5. The van der Waals surface area contributed by atoms with Crippen LogP contribution in [0.25, 0.3) is 0 Å². The van der Waals surface area contributed by atoms with Gasteiger partial charge in [-0.3, -0.25) is 0 Å². The van der Waals surface area contributed by atoms with Gasteiger partial charge in [-0.15, -0.1) is 0 Å². The Kier molecular flexibility index (Phi) is 6.57. The third-order valence-electron chi connectivity index (χ3n) is 1.80. The lowest BCUT2D eigenvalue weighted by atomic mass is 10.1. The summed E-state index contributed by atoms with van der Waals surface area (Å²) in [4.78, 5) is 0. The van der Waals surface area contributed by atoms with Gasteiger partial charge >= 0.3 is 0 Å². The van der Waals surface area contributed by atoms with E-state index in [0.29, 0.717) is 12.2 Å². The molecule has 2 atom stereocenters. The van der Waals surface area contributed by atoms with Crippen LogP contribution in [0.4, 0.5) is 0 Å². The number of hydrogen-bond donors (Lipinski definition) is 0. The lowest BCUT2D eigenvalue weighted by Crippen LogP contribution is -2.28. The van der Waals surface area contributed by atoms with E-state index in [1.54, 1.807) is 7.11 Å². The fraction of sp³-hybridized carbons (Fsp3) is 1.00. The van der Waals surface area contributed by atoms with Crippen LogP contribution in [0.3, 0.4) is 0 Å². The average molecular weight is 160 g/mol. The first-order chi connectivity index (χ1) is 5.33. The normalized spacial score (nSPS) is 30.5. The molecule has 0 N–H and O–H groups in total. The second-order valence-corrected chi connectivity index (χ2v) is 2.58. The molecule has 0 radical (unpaired) electrons. The molecule has 1 fully saturated rings. The molecule has 2 unspecified atom stereocenters. The zero-order chi connectivity index (χ0) is 8.69. The van der Waals surface area contributed by atoms with Gasteiger partial charge in [-0.1, -0.05) is 13.8 Å². The Labute approximate surface area is 69.9 Å². The molecule has 0 saturated carbocycles. The molecule has 1 aliphatic heterocycles. The van der Waals surface area contributed by atoms with Gasteiger partial charge in [0.05, 0.1) is 18.8 Å². The standard InChI is InChI=1S/C7H14O2.C2H6/c1-6-3-4-7(8-2)5-9-6;1-2/h6-7H,3-5H2,1-2H3;1-2H3. The van der Waals surface area contributed by atoms with Crippen LogP contribution in [0.5, 0.6) is 0 Å². The molecule has 0 amide bonds. The molecule has 0 spiro atoms. The highest BCUT2D eigenvalue weighted by molar-refractivity contribution is 4.66. The first kappa shape index (κ1) is 10.9. The van der Waals surface area contributed by atoms with Gasteiger partial charge in [-0.2, -0.15) is 0 Å². The Morgan fingerprint density at radius 3 is 2.27 bits per heavy atom. The van der Waals surface area contributed by atoms with E-state index < -0.39 is 0 Å². The molecule has 1 aliphatic rings. The quantitative estimate of drug-likeness (QED) is 0.585. The summed E-state index contributed by atoms with van der Waals surface area (Å²) >= 11 is 0. The van der Waals surface area contributed by atoms with E-state index in [9.17, 15) is 0 Å². The van der Waals surface area contributed by atoms with Crippen molar-refractivity contribution in [2.24, 2.45) is 0 Å². The zero-order valence-electron chi connectivity index (χ0n) is 8.09.